The van der Waals surface area contributed by atoms with Crippen LogP contribution in [0.15, 0.2) is 35.7 Å². The van der Waals surface area contributed by atoms with Crippen molar-refractivity contribution in [2.24, 2.45) is 5.73 Å². The zero-order chi connectivity index (χ0) is 13.7. The normalized spacial score (nSPS) is 9.84. The van der Waals surface area contributed by atoms with E-state index in [1.54, 1.807) is 11.3 Å². The van der Waals surface area contributed by atoms with Gasteiger partial charge in [-0.3, -0.25) is 0 Å². The van der Waals surface area contributed by atoms with Crippen molar-refractivity contribution in [3.8, 4) is 11.8 Å². The molecule has 0 aliphatic rings. The molecule has 0 radical (unpaired) electrons. The molecule has 0 aliphatic carbocycles. The third kappa shape index (κ3) is 3.85. The van der Waals surface area contributed by atoms with Gasteiger partial charge in [0.05, 0.1) is 13.1 Å². The van der Waals surface area contributed by atoms with Gasteiger partial charge < -0.3 is 10.6 Å². The standard InChI is InChI=1S/C16H18N2S/c1-13-5-7-15(8-6-13)18(2)11-16-10-14(12-19-16)4-3-9-17/h5-8,10,12H,9,11,17H2,1-2H3. The Morgan fingerprint density at radius 2 is 2.00 bits per heavy atom. The maximum Gasteiger partial charge on any atom is 0.0555 e. The molecule has 0 bridgehead atoms. The summed E-state index contributed by atoms with van der Waals surface area (Å²) in [5.41, 5.74) is 8.95. The van der Waals surface area contributed by atoms with Crippen LogP contribution in [0, 0.1) is 18.8 Å². The van der Waals surface area contributed by atoms with Crippen LogP contribution in [-0.4, -0.2) is 13.6 Å². The fourth-order valence-electron chi connectivity index (χ4n) is 1.81. The quantitative estimate of drug-likeness (QED) is 0.869. The molecular weight excluding hydrogens is 252 g/mol. The van der Waals surface area contributed by atoms with Gasteiger partial charge in [-0.05, 0) is 25.1 Å². The second-order valence-corrected chi connectivity index (χ2v) is 5.49. The highest BCUT2D eigenvalue weighted by molar-refractivity contribution is 7.10. The monoisotopic (exact) mass is 270 g/mol. The van der Waals surface area contributed by atoms with Crippen LogP contribution in [0.4, 0.5) is 5.69 Å². The molecule has 0 atom stereocenters. The van der Waals surface area contributed by atoms with Crippen molar-refractivity contribution in [1.82, 2.24) is 0 Å². The van der Waals surface area contributed by atoms with Crippen LogP contribution in [0.5, 0.6) is 0 Å². The van der Waals surface area contributed by atoms with Crippen LogP contribution >= 0.6 is 11.3 Å². The average molecular weight is 270 g/mol. The topological polar surface area (TPSA) is 29.3 Å². The first-order valence-corrected chi connectivity index (χ1v) is 7.11. The van der Waals surface area contributed by atoms with Crippen molar-refractivity contribution in [1.29, 1.82) is 0 Å². The van der Waals surface area contributed by atoms with Gasteiger partial charge in [0.15, 0.2) is 0 Å². The lowest BCUT2D eigenvalue weighted by molar-refractivity contribution is 0.940. The van der Waals surface area contributed by atoms with Gasteiger partial charge >= 0.3 is 0 Å². The van der Waals surface area contributed by atoms with Crippen LogP contribution in [0.1, 0.15) is 16.0 Å². The number of benzene rings is 1. The van der Waals surface area contributed by atoms with E-state index in [-0.39, 0.29) is 0 Å². The summed E-state index contributed by atoms with van der Waals surface area (Å²) >= 11 is 1.74. The molecule has 0 aliphatic heterocycles. The first-order chi connectivity index (χ1) is 9.19. The minimum absolute atomic E-state index is 0.411. The number of hydrogen-bond acceptors (Lipinski definition) is 3. The summed E-state index contributed by atoms with van der Waals surface area (Å²) in [5, 5.41) is 2.08. The molecule has 2 aromatic rings. The highest BCUT2D eigenvalue weighted by Crippen LogP contribution is 2.20. The predicted molar refractivity (Wildman–Crippen MR) is 83.5 cm³/mol. The van der Waals surface area contributed by atoms with Crippen molar-refractivity contribution >= 4 is 17.0 Å². The van der Waals surface area contributed by atoms with E-state index in [0.717, 1.165) is 12.1 Å². The Morgan fingerprint density at radius 1 is 1.26 bits per heavy atom. The van der Waals surface area contributed by atoms with Gasteiger partial charge in [-0.1, -0.05) is 29.5 Å². The van der Waals surface area contributed by atoms with Crippen LogP contribution < -0.4 is 10.6 Å². The maximum absolute atomic E-state index is 5.37. The van der Waals surface area contributed by atoms with Gasteiger partial charge in [-0.2, -0.15) is 0 Å². The predicted octanol–water partition coefficient (Wildman–Crippen LogP) is 3.00. The lowest BCUT2D eigenvalue weighted by Gasteiger charge is -2.18. The van der Waals surface area contributed by atoms with Crippen molar-refractivity contribution < 1.29 is 0 Å². The van der Waals surface area contributed by atoms with Crippen molar-refractivity contribution in [3.63, 3.8) is 0 Å². The highest BCUT2D eigenvalue weighted by Gasteiger charge is 2.04. The largest absolute Gasteiger partial charge is 0.369 e. The molecule has 2 nitrogen and oxygen atoms in total. The molecule has 0 amide bonds. The summed E-state index contributed by atoms with van der Waals surface area (Å²) in [4.78, 5) is 3.55. The van der Waals surface area contributed by atoms with Crippen LogP contribution in [0.3, 0.4) is 0 Å². The zero-order valence-electron chi connectivity index (χ0n) is 11.3. The van der Waals surface area contributed by atoms with Gasteiger partial charge in [0.1, 0.15) is 0 Å². The minimum atomic E-state index is 0.411. The van der Waals surface area contributed by atoms with E-state index in [1.165, 1.54) is 16.1 Å². The molecule has 0 saturated heterocycles. The van der Waals surface area contributed by atoms with E-state index >= 15 is 0 Å². The van der Waals surface area contributed by atoms with Gasteiger partial charge in [0, 0.05) is 28.6 Å². The summed E-state index contributed by atoms with van der Waals surface area (Å²) < 4.78 is 0. The molecule has 2 N–H and O–H groups in total. The van der Waals surface area contributed by atoms with Crippen LogP contribution in [0.2, 0.25) is 0 Å². The summed E-state index contributed by atoms with van der Waals surface area (Å²) in [6, 6.07) is 10.7. The first kappa shape index (κ1) is 13.7. The summed E-state index contributed by atoms with van der Waals surface area (Å²) in [6.45, 7) is 3.41. The molecule has 0 fully saturated rings. The number of nitrogens with zero attached hydrogens (tertiary/aromatic N) is 1. The maximum atomic E-state index is 5.37. The van der Waals surface area contributed by atoms with Crippen LogP contribution in [0.25, 0.3) is 0 Å². The molecule has 0 spiro atoms. The molecule has 1 aromatic heterocycles. The van der Waals surface area contributed by atoms with E-state index in [0.29, 0.717) is 6.54 Å². The lowest BCUT2D eigenvalue weighted by atomic mass is 10.2. The van der Waals surface area contributed by atoms with Gasteiger partial charge in [0.25, 0.3) is 0 Å². The number of aryl methyl sites for hydroxylation is 1. The Balaban J connectivity index is 2.04. The van der Waals surface area contributed by atoms with Crippen molar-refractivity contribution in [3.05, 3.63) is 51.7 Å². The van der Waals surface area contributed by atoms with Crippen molar-refractivity contribution in [2.45, 2.75) is 13.5 Å². The highest BCUT2D eigenvalue weighted by atomic mass is 32.1. The van der Waals surface area contributed by atoms with Gasteiger partial charge in [-0.15, -0.1) is 11.3 Å². The summed E-state index contributed by atoms with van der Waals surface area (Å²) in [7, 11) is 2.11. The summed E-state index contributed by atoms with van der Waals surface area (Å²) in [5.74, 6) is 5.94. The van der Waals surface area contributed by atoms with Crippen molar-refractivity contribution in [2.75, 3.05) is 18.5 Å². The molecule has 0 unspecified atom stereocenters. The van der Waals surface area contributed by atoms with E-state index in [2.05, 4.69) is 66.4 Å². The number of anilines is 1. The molecule has 3 heteroatoms. The van der Waals surface area contributed by atoms with Crippen LogP contribution in [-0.2, 0) is 6.54 Å². The van der Waals surface area contributed by atoms with Gasteiger partial charge in [0.2, 0.25) is 0 Å². The third-order valence-electron chi connectivity index (χ3n) is 2.86. The first-order valence-electron chi connectivity index (χ1n) is 6.23. The Kier molecular flexibility index (Phi) is 4.62. The molecule has 1 aromatic carbocycles. The smallest absolute Gasteiger partial charge is 0.0555 e. The number of hydrogen-bond donors (Lipinski definition) is 1. The second-order valence-electron chi connectivity index (χ2n) is 4.50. The van der Waals surface area contributed by atoms with Gasteiger partial charge in [-0.25, -0.2) is 0 Å². The molecule has 19 heavy (non-hydrogen) atoms. The third-order valence-corrected chi connectivity index (χ3v) is 3.78. The fourth-order valence-corrected chi connectivity index (χ4v) is 2.67. The molecule has 2 rings (SSSR count). The fraction of sp³-hybridized carbons (Fsp3) is 0.250. The van der Waals surface area contributed by atoms with E-state index in [4.69, 9.17) is 5.73 Å². The zero-order valence-corrected chi connectivity index (χ0v) is 12.1. The minimum Gasteiger partial charge on any atom is -0.369 e. The van der Waals surface area contributed by atoms with E-state index in [9.17, 15) is 0 Å². The summed E-state index contributed by atoms with van der Waals surface area (Å²) in [6.07, 6.45) is 0. The Hall–Kier alpha value is -1.76. The Labute approximate surface area is 118 Å². The molecule has 0 saturated carbocycles. The van der Waals surface area contributed by atoms with E-state index in [1.807, 2.05) is 0 Å². The molecular formula is C16H18N2S. The molecule has 1 heterocycles. The average Bonchev–Trinajstić information content (AvgIpc) is 2.84. The Bertz CT molecular complexity index is 587. The van der Waals surface area contributed by atoms with E-state index < -0.39 is 0 Å². The molecule has 98 valence electrons. The SMILES string of the molecule is Cc1ccc(N(C)Cc2cc(C#CCN)cs2)cc1. The number of nitrogens with two attached hydrogens (primary N) is 1. The Morgan fingerprint density at radius 3 is 2.68 bits per heavy atom. The second kappa shape index (κ2) is 6.42. The number of rotatable bonds is 3. The lowest BCUT2D eigenvalue weighted by Crippen LogP contribution is -2.15. The number of thiophene rings is 1.